The smallest absolute Gasteiger partial charge is 0.274 e. The predicted molar refractivity (Wildman–Crippen MR) is 104 cm³/mol. The molecule has 3 aromatic rings. The molecule has 150 valence electrons. The third-order valence-corrected chi connectivity index (χ3v) is 5.40. The normalized spacial score (nSPS) is 18.9. The van der Waals surface area contributed by atoms with Gasteiger partial charge in [0.15, 0.2) is 0 Å². The minimum Gasteiger partial charge on any atom is -1.00 e. The maximum Gasteiger partial charge on any atom is 0.274 e. The van der Waals surface area contributed by atoms with Crippen LogP contribution in [0.15, 0.2) is 59.4 Å². The Balaban J connectivity index is 0.00000140. The van der Waals surface area contributed by atoms with Crippen molar-refractivity contribution in [2.45, 2.75) is 6.54 Å². The van der Waals surface area contributed by atoms with Crippen LogP contribution in [0, 0.1) is 0 Å². The van der Waals surface area contributed by atoms with E-state index >= 15 is 0 Å². The van der Waals surface area contributed by atoms with E-state index in [4.69, 9.17) is 5.10 Å². The van der Waals surface area contributed by atoms with Gasteiger partial charge >= 0.3 is 0 Å². The first kappa shape index (κ1) is 22.4. The van der Waals surface area contributed by atoms with Gasteiger partial charge in [0.1, 0.15) is 26.2 Å². The first-order valence-corrected chi connectivity index (χ1v) is 9.42. The van der Waals surface area contributed by atoms with E-state index in [1.807, 2.05) is 42.5 Å². The Bertz CT molecular complexity index is 954. The van der Waals surface area contributed by atoms with Gasteiger partial charge in [-0.15, -0.1) is 0 Å². The molecule has 2 heterocycles. The van der Waals surface area contributed by atoms with E-state index in [2.05, 4.69) is 19.2 Å². The topological polar surface area (TPSA) is 43.8 Å². The van der Waals surface area contributed by atoms with Crippen LogP contribution in [-0.4, -0.2) is 49.6 Å². The van der Waals surface area contributed by atoms with Gasteiger partial charge in [0, 0.05) is 10.9 Å². The van der Waals surface area contributed by atoms with Crippen molar-refractivity contribution in [1.82, 2.24) is 9.78 Å². The Morgan fingerprint density at radius 1 is 0.893 bits per heavy atom. The molecule has 0 spiro atoms. The van der Waals surface area contributed by atoms with E-state index in [1.165, 1.54) is 26.2 Å². The van der Waals surface area contributed by atoms with Crippen molar-refractivity contribution in [2.24, 2.45) is 0 Å². The highest BCUT2D eigenvalue weighted by Crippen LogP contribution is 2.24. The minimum atomic E-state index is 0. The zero-order valence-electron chi connectivity index (χ0n) is 16.0. The van der Waals surface area contributed by atoms with Crippen molar-refractivity contribution in [2.75, 3.05) is 39.8 Å². The van der Waals surface area contributed by atoms with Crippen LogP contribution in [0.4, 0.5) is 0 Å². The Labute approximate surface area is 177 Å². The summed E-state index contributed by atoms with van der Waals surface area (Å²) in [6, 6.07) is 17.9. The molecule has 1 aliphatic rings. The fraction of sp³-hybridized carbons (Fsp3) is 0.333. The number of aromatic nitrogens is 2. The second-order valence-electron chi connectivity index (χ2n) is 7.25. The molecule has 5 nitrogen and oxygen atoms in total. The van der Waals surface area contributed by atoms with E-state index < -0.39 is 0 Å². The number of nitrogens with one attached hydrogen (secondary N) is 2. The van der Waals surface area contributed by atoms with E-state index in [0.717, 1.165) is 28.6 Å². The Hall–Kier alpha value is -1.92. The van der Waals surface area contributed by atoms with Gasteiger partial charge in [-0.3, -0.25) is 4.79 Å². The molecule has 2 N–H and O–H groups in total. The average Bonchev–Trinajstić information content (AvgIpc) is 2.69. The number of likely N-dealkylation sites (N-methyl/N-ethyl adjacent to an activating group) is 1. The van der Waals surface area contributed by atoms with Crippen LogP contribution in [0.3, 0.4) is 0 Å². The molecule has 0 aliphatic carbocycles. The summed E-state index contributed by atoms with van der Waals surface area (Å²) in [5, 5.41) is 6.43. The van der Waals surface area contributed by atoms with Crippen LogP contribution in [0.1, 0.15) is 0 Å². The molecule has 1 aromatic heterocycles. The number of piperazine rings is 1. The maximum atomic E-state index is 12.9. The van der Waals surface area contributed by atoms with Crippen molar-refractivity contribution in [3.05, 3.63) is 65.0 Å². The summed E-state index contributed by atoms with van der Waals surface area (Å²) in [5.41, 5.74) is 1.95. The van der Waals surface area contributed by atoms with Gasteiger partial charge in [-0.2, -0.15) is 5.10 Å². The first-order chi connectivity index (χ1) is 12.7. The van der Waals surface area contributed by atoms with Crippen LogP contribution in [0.25, 0.3) is 22.0 Å². The lowest BCUT2D eigenvalue weighted by molar-refractivity contribution is -1.00. The monoisotopic (exact) mass is 420 g/mol. The van der Waals surface area contributed by atoms with Gasteiger partial charge in [-0.1, -0.05) is 48.5 Å². The van der Waals surface area contributed by atoms with Crippen molar-refractivity contribution in [3.8, 4) is 11.3 Å². The zero-order valence-corrected chi connectivity index (χ0v) is 17.5. The lowest BCUT2D eigenvalue weighted by atomic mass is 10.1. The number of halogens is 2. The van der Waals surface area contributed by atoms with Crippen LogP contribution in [-0.2, 0) is 6.54 Å². The van der Waals surface area contributed by atoms with Crippen LogP contribution < -0.4 is 40.2 Å². The Kier molecular flexibility index (Phi) is 8.01. The zero-order chi connectivity index (χ0) is 17.9. The molecule has 0 unspecified atom stereocenters. The molecule has 1 saturated heterocycles. The number of quaternary nitrogens is 2. The number of fused-ring (bicyclic) bond motifs is 1. The highest BCUT2D eigenvalue weighted by atomic mass is 35.5. The second kappa shape index (κ2) is 10.0. The Morgan fingerprint density at radius 2 is 1.50 bits per heavy atom. The first-order valence-electron chi connectivity index (χ1n) is 9.42. The largest absolute Gasteiger partial charge is 1.00 e. The highest BCUT2D eigenvalue weighted by molar-refractivity contribution is 5.93. The second-order valence-corrected chi connectivity index (χ2v) is 7.25. The molecule has 0 atom stereocenters. The van der Waals surface area contributed by atoms with E-state index in [-0.39, 0.29) is 30.4 Å². The fourth-order valence-corrected chi connectivity index (χ4v) is 3.74. The summed E-state index contributed by atoms with van der Waals surface area (Å²) < 4.78 is 1.67. The fourth-order valence-electron chi connectivity index (χ4n) is 3.74. The molecule has 7 heteroatoms. The number of hydrogen-bond donors (Lipinski definition) is 2. The molecule has 1 fully saturated rings. The van der Waals surface area contributed by atoms with E-state index in [1.54, 1.807) is 14.5 Å². The van der Waals surface area contributed by atoms with Crippen molar-refractivity contribution >= 4 is 10.8 Å². The number of benzene rings is 2. The van der Waals surface area contributed by atoms with Gasteiger partial charge in [0.05, 0.1) is 31.2 Å². The summed E-state index contributed by atoms with van der Waals surface area (Å²) in [4.78, 5) is 16.1. The van der Waals surface area contributed by atoms with E-state index in [0.29, 0.717) is 6.54 Å². The minimum absolute atomic E-state index is 0. The van der Waals surface area contributed by atoms with Crippen LogP contribution in [0.5, 0.6) is 0 Å². The van der Waals surface area contributed by atoms with Crippen LogP contribution >= 0.6 is 0 Å². The van der Waals surface area contributed by atoms with Crippen LogP contribution in [0.2, 0.25) is 0 Å². The average molecular weight is 421 g/mol. The molecule has 2 aromatic carbocycles. The van der Waals surface area contributed by atoms with Gasteiger partial charge < -0.3 is 34.6 Å². The number of hydrogen-bond acceptors (Lipinski definition) is 2. The standard InChI is InChI=1S/C21H24N4O.2ClH/c1-23-11-13-24(14-12-23)15-16-25-21(26)19-10-6-5-9-18(19)20(22-25)17-7-3-2-4-8-17;;/h2-10H,11-16H2,1H3;2*1H. The van der Waals surface area contributed by atoms with Crippen molar-refractivity contribution < 1.29 is 34.6 Å². The lowest BCUT2D eigenvalue weighted by Gasteiger charge is -2.27. The predicted octanol–water partition coefficient (Wildman–Crippen LogP) is -6.52. The Morgan fingerprint density at radius 3 is 2.18 bits per heavy atom. The quantitative estimate of drug-likeness (QED) is 0.440. The van der Waals surface area contributed by atoms with E-state index in [9.17, 15) is 4.79 Å². The molecule has 0 bridgehead atoms. The molecule has 28 heavy (non-hydrogen) atoms. The summed E-state index contributed by atoms with van der Waals surface area (Å²) in [6.45, 7) is 6.35. The third kappa shape index (κ3) is 4.73. The highest BCUT2D eigenvalue weighted by Gasteiger charge is 2.20. The summed E-state index contributed by atoms with van der Waals surface area (Å²) in [6.07, 6.45) is 0. The molecule has 4 rings (SSSR count). The molecular formula is C21H26Cl2N4O. The van der Waals surface area contributed by atoms with Gasteiger partial charge in [0.2, 0.25) is 0 Å². The molecule has 0 amide bonds. The van der Waals surface area contributed by atoms with Gasteiger partial charge in [-0.25, -0.2) is 4.68 Å². The van der Waals surface area contributed by atoms with Gasteiger partial charge in [-0.05, 0) is 6.07 Å². The molecule has 0 saturated carbocycles. The summed E-state index contributed by atoms with van der Waals surface area (Å²) in [7, 11) is 2.25. The number of nitrogens with zero attached hydrogens (tertiary/aromatic N) is 2. The molecule has 1 aliphatic heterocycles. The molecular weight excluding hydrogens is 395 g/mol. The SMILES string of the molecule is C[NH+]1CC[NH+](CCn2nc(-c3ccccc3)c3ccccc3c2=O)CC1.[Cl-].[Cl-]. The summed E-state index contributed by atoms with van der Waals surface area (Å²) >= 11 is 0. The number of rotatable bonds is 4. The molecule has 0 radical (unpaired) electrons. The maximum absolute atomic E-state index is 12.9. The summed E-state index contributed by atoms with van der Waals surface area (Å²) in [5.74, 6) is 0. The third-order valence-electron chi connectivity index (χ3n) is 5.40. The van der Waals surface area contributed by atoms with Crippen molar-refractivity contribution in [3.63, 3.8) is 0 Å². The van der Waals surface area contributed by atoms with Gasteiger partial charge in [0.25, 0.3) is 5.56 Å². The van der Waals surface area contributed by atoms with Crippen molar-refractivity contribution in [1.29, 1.82) is 0 Å². The lowest BCUT2D eigenvalue weighted by Crippen LogP contribution is -3.27.